The zero-order chi connectivity index (χ0) is 25.1. The molecule has 3 amide bonds. The van der Waals surface area contributed by atoms with Crippen molar-refractivity contribution in [3.63, 3.8) is 0 Å². The SMILES string of the molecule is O=C1N(Cc2cccnc2)C(=O)C2(CCN(Cc3ccc(F)cc3F)CC2)N1CCc1ccccc1. The van der Waals surface area contributed by atoms with Gasteiger partial charge < -0.3 is 4.90 Å². The number of amides is 3. The molecular formula is C28H28F2N4O2. The summed E-state index contributed by atoms with van der Waals surface area (Å²) in [4.78, 5) is 36.6. The number of benzene rings is 2. The van der Waals surface area contributed by atoms with Crippen LogP contribution in [0.2, 0.25) is 0 Å². The van der Waals surface area contributed by atoms with Crippen molar-refractivity contribution in [3.8, 4) is 0 Å². The highest BCUT2D eigenvalue weighted by Gasteiger charge is 2.57. The van der Waals surface area contributed by atoms with E-state index in [-0.39, 0.29) is 18.5 Å². The van der Waals surface area contributed by atoms with Crippen molar-refractivity contribution >= 4 is 11.9 Å². The predicted octanol–water partition coefficient (Wildman–Crippen LogP) is 4.40. The van der Waals surface area contributed by atoms with E-state index in [9.17, 15) is 18.4 Å². The van der Waals surface area contributed by atoms with Crippen molar-refractivity contribution in [2.24, 2.45) is 0 Å². The van der Waals surface area contributed by atoms with E-state index in [1.54, 1.807) is 23.4 Å². The molecule has 1 spiro atoms. The average Bonchev–Trinajstić information content (AvgIpc) is 3.08. The maximum Gasteiger partial charge on any atom is 0.328 e. The molecule has 0 radical (unpaired) electrons. The summed E-state index contributed by atoms with van der Waals surface area (Å²) < 4.78 is 27.5. The first-order valence-corrected chi connectivity index (χ1v) is 12.2. The maximum absolute atomic E-state index is 14.2. The highest BCUT2D eigenvalue weighted by atomic mass is 19.1. The summed E-state index contributed by atoms with van der Waals surface area (Å²) in [6.07, 6.45) is 4.88. The van der Waals surface area contributed by atoms with Crippen molar-refractivity contribution in [2.45, 2.75) is 37.9 Å². The Hall–Kier alpha value is -3.65. The van der Waals surface area contributed by atoms with Crippen LogP contribution in [0.3, 0.4) is 0 Å². The minimum absolute atomic E-state index is 0.180. The summed E-state index contributed by atoms with van der Waals surface area (Å²) in [5, 5.41) is 0. The van der Waals surface area contributed by atoms with Gasteiger partial charge >= 0.3 is 6.03 Å². The van der Waals surface area contributed by atoms with E-state index >= 15 is 0 Å². The van der Waals surface area contributed by atoms with Crippen molar-refractivity contribution in [1.29, 1.82) is 0 Å². The van der Waals surface area contributed by atoms with E-state index in [0.29, 0.717) is 51.0 Å². The molecular weight excluding hydrogens is 462 g/mol. The van der Waals surface area contributed by atoms with Gasteiger partial charge in [-0.3, -0.25) is 19.6 Å². The molecule has 2 aliphatic rings. The Bertz CT molecular complexity index is 1230. The van der Waals surface area contributed by atoms with Crippen LogP contribution in [-0.4, -0.2) is 56.8 Å². The topological polar surface area (TPSA) is 56.8 Å². The van der Waals surface area contributed by atoms with Crippen LogP contribution >= 0.6 is 0 Å². The minimum atomic E-state index is -0.925. The molecule has 8 heteroatoms. The molecule has 0 N–H and O–H groups in total. The van der Waals surface area contributed by atoms with E-state index < -0.39 is 17.2 Å². The molecule has 0 atom stereocenters. The molecule has 2 aromatic carbocycles. The molecule has 1 aromatic heterocycles. The van der Waals surface area contributed by atoms with Crippen LogP contribution in [0.25, 0.3) is 0 Å². The number of carbonyl (C=O) groups excluding carboxylic acids is 2. The molecule has 5 rings (SSSR count). The van der Waals surface area contributed by atoms with Gasteiger partial charge in [-0.2, -0.15) is 0 Å². The zero-order valence-electron chi connectivity index (χ0n) is 19.9. The highest BCUT2D eigenvalue weighted by molar-refractivity contribution is 6.07. The number of nitrogens with zero attached hydrogens (tertiary/aromatic N) is 4. The third-order valence-electron chi connectivity index (χ3n) is 7.24. The first-order valence-electron chi connectivity index (χ1n) is 12.2. The summed E-state index contributed by atoms with van der Waals surface area (Å²) in [7, 11) is 0. The lowest BCUT2D eigenvalue weighted by atomic mass is 9.85. The van der Waals surface area contributed by atoms with Crippen LogP contribution in [0.5, 0.6) is 0 Å². The number of piperidine rings is 1. The van der Waals surface area contributed by atoms with Gasteiger partial charge in [-0.25, -0.2) is 13.6 Å². The fourth-order valence-corrected chi connectivity index (χ4v) is 5.25. The molecule has 0 bridgehead atoms. The molecule has 2 fully saturated rings. The van der Waals surface area contributed by atoms with E-state index in [1.807, 2.05) is 36.4 Å². The van der Waals surface area contributed by atoms with Gasteiger partial charge in [0.05, 0.1) is 6.54 Å². The Balaban J connectivity index is 1.35. The Kier molecular flexibility index (Phi) is 6.78. The summed E-state index contributed by atoms with van der Waals surface area (Å²) >= 11 is 0. The second kappa shape index (κ2) is 10.1. The van der Waals surface area contributed by atoms with Crippen LogP contribution < -0.4 is 0 Å². The van der Waals surface area contributed by atoms with Gasteiger partial charge in [0.15, 0.2) is 0 Å². The fourth-order valence-electron chi connectivity index (χ4n) is 5.25. The molecule has 0 unspecified atom stereocenters. The van der Waals surface area contributed by atoms with Gasteiger partial charge in [-0.15, -0.1) is 0 Å². The molecule has 0 saturated carbocycles. The van der Waals surface area contributed by atoms with E-state index in [0.717, 1.165) is 17.2 Å². The lowest BCUT2D eigenvalue weighted by Gasteiger charge is -2.42. The highest BCUT2D eigenvalue weighted by Crippen LogP contribution is 2.38. The van der Waals surface area contributed by atoms with E-state index in [4.69, 9.17) is 0 Å². The lowest BCUT2D eigenvalue weighted by molar-refractivity contribution is -0.136. The molecule has 2 aliphatic heterocycles. The number of rotatable bonds is 7. The lowest BCUT2D eigenvalue weighted by Crippen LogP contribution is -2.56. The summed E-state index contributed by atoms with van der Waals surface area (Å²) in [5.74, 6) is -1.36. The van der Waals surface area contributed by atoms with Crippen molar-refractivity contribution < 1.29 is 18.4 Å². The average molecular weight is 491 g/mol. The fraction of sp³-hybridized carbons (Fsp3) is 0.321. The molecule has 3 heterocycles. The summed E-state index contributed by atoms with van der Waals surface area (Å²) in [6, 6.07) is 16.9. The monoisotopic (exact) mass is 490 g/mol. The third kappa shape index (κ3) is 4.73. The van der Waals surface area contributed by atoms with Gasteiger partial charge in [-0.05, 0) is 42.5 Å². The van der Waals surface area contributed by atoms with Crippen molar-refractivity contribution in [1.82, 2.24) is 19.7 Å². The van der Waals surface area contributed by atoms with Crippen LogP contribution in [-0.2, 0) is 24.3 Å². The minimum Gasteiger partial charge on any atom is -0.309 e. The van der Waals surface area contributed by atoms with Crippen LogP contribution in [0.4, 0.5) is 13.6 Å². The molecule has 0 aliphatic carbocycles. The quantitative estimate of drug-likeness (QED) is 0.461. The summed E-state index contributed by atoms with van der Waals surface area (Å²) in [5.41, 5.74) is 1.39. The van der Waals surface area contributed by atoms with Gasteiger partial charge in [0.1, 0.15) is 17.2 Å². The Morgan fingerprint density at radius 2 is 1.64 bits per heavy atom. The van der Waals surface area contributed by atoms with Gasteiger partial charge in [0.2, 0.25) is 0 Å². The Morgan fingerprint density at radius 1 is 0.889 bits per heavy atom. The molecule has 186 valence electrons. The predicted molar refractivity (Wildman–Crippen MR) is 131 cm³/mol. The van der Waals surface area contributed by atoms with E-state index in [2.05, 4.69) is 9.88 Å². The molecule has 3 aromatic rings. The number of halogens is 2. The number of imide groups is 1. The van der Waals surface area contributed by atoms with Crippen LogP contribution in [0.1, 0.15) is 29.5 Å². The molecule has 6 nitrogen and oxygen atoms in total. The molecule has 2 saturated heterocycles. The largest absolute Gasteiger partial charge is 0.328 e. The molecule has 36 heavy (non-hydrogen) atoms. The van der Waals surface area contributed by atoms with Gasteiger partial charge in [-0.1, -0.05) is 42.5 Å². The van der Waals surface area contributed by atoms with E-state index in [1.165, 1.54) is 17.0 Å². The van der Waals surface area contributed by atoms with Crippen molar-refractivity contribution in [3.05, 3.63) is 101 Å². The standard InChI is InChI=1S/C28H28F2N4O2/c29-24-9-8-23(25(30)17-24)20-32-15-11-28(12-16-32)26(35)33(19-22-7-4-13-31-18-22)27(36)34(28)14-10-21-5-2-1-3-6-21/h1-9,13,17-18H,10-12,14-16,19-20H2. The first kappa shape index (κ1) is 24.1. The second-order valence-corrected chi connectivity index (χ2v) is 9.47. The normalized spacial score (nSPS) is 17.8. The third-order valence-corrected chi connectivity index (χ3v) is 7.24. The smallest absolute Gasteiger partial charge is 0.309 e. The number of hydrogen-bond donors (Lipinski definition) is 0. The Labute approximate surface area is 209 Å². The zero-order valence-corrected chi connectivity index (χ0v) is 19.9. The second-order valence-electron chi connectivity index (χ2n) is 9.47. The van der Waals surface area contributed by atoms with Crippen molar-refractivity contribution in [2.75, 3.05) is 19.6 Å². The number of carbonyl (C=O) groups is 2. The summed E-state index contributed by atoms with van der Waals surface area (Å²) in [6.45, 7) is 1.99. The van der Waals surface area contributed by atoms with Gasteiger partial charge in [0.25, 0.3) is 5.91 Å². The van der Waals surface area contributed by atoms with Crippen LogP contribution in [0, 0.1) is 11.6 Å². The number of pyridine rings is 1. The maximum atomic E-state index is 14.2. The van der Waals surface area contributed by atoms with Crippen LogP contribution in [0.15, 0.2) is 73.1 Å². The number of urea groups is 1. The number of aromatic nitrogens is 1. The first-order chi connectivity index (χ1) is 17.5. The Morgan fingerprint density at radius 3 is 2.33 bits per heavy atom. The number of hydrogen-bond acceptors (Lipinski definition) is 4. The van der Waals surface area contributed by atoms with Gasteiger partial charge in [0, 0.05) is 50.2 Å². The number of likely N-dealkylation sites (tertiary alicyclic amines) is 1.